The molecule has 2 aliphatic rings. The molecule has 0 spiro atoms. The van der Waals surface area contributed by atoms with E-state index in [1.54, 1.807) is 18.2 Å². The standard InChI is InChI=1S/C16H17F3N2O3/c17-16(18,19)15(24)11-8-4-5-9-12(11)20-21(15)14(23)13(22)10-6-2-1-3-7-10/h1-3,6-7,11,13,22,24H,4-5,8-9H2/t11-,13+,15+/m1/s1. The van der Waals surface area contributed by atoms with Crippen molar-refractivity contribution < 1.29 is 28.2 Å². The molecular formula is C16H17F3N2O3. The van der Waals surface area contributed by atoms with Crippen molar-refractivity contribution in [2.75, 3.05) is 0 Å². The lowest BCUT2D eigenvalue weighted by atomic mass is 9.80. The van der Waals surface area contributed by atoms with E-state index in [0.717, 1.165) is 0 Å². The average molecular weight is 342 g/mol. The van der Waals surface area contributed by atoms with Crippen molar-refractivity contribution in [3.8, 4) is 0 Å². The van der Waals surface area contributed by atoms with Crippen LogP contribution in [0.1, 0.15) is 37.4 Å². The third-order valence-corrected chi connectivity index (χ3v) is 4.59. The second-order valence-corrected chi connectivity index (χ2v) is 6.08. The van der Waals surface area contributed by atoms with E-state index in [0.29, 0.717) is 19.3 Å². The van der Waals surface area contributed by atoms with Gasteiger partial charge in [-0.3, -0.25) is 4.79 Å². The van der Waals surface area contributed by atoms with Crippen LogP contribution in [0.25, 0.3) is 0 Å². The van der Waals surface area contributed by atoms with Crippen molar-refractivity contribution in [2.24, 2.45) is 11.0 Å². The lowest BCUT2D eigenvalue weighted by Gasteiger charge is -2.38. The fourth-order valence-electron chi connectivity index (χ4n) is 3.33. The predicted molar refractivity (Wildman–Crippen MR) is 78.6 cm³/mol. The molecule has 0 radical (unpaired) electrons. The molecule has 1 saturated carbocycles. The molecule has 0 bridgehead atoms. The van der Waals surface area contributed by atoms with E-state index >= 15 is 0 Å². The highest BCUT2D eigenvalue weighted by Crippen LogP contribution is 2.48. The summed E-state index contributed by atoms with van der Waals surface area (Å²) in [6.07, 6.45) is -5.33. The Labute approximate surface area is 136 Å². The number of carbonyl (C=O) groups excluding carboxylic acids is 1. The molecule has 1 aromatic carbocycles. The van der Waals surface area contributed by atoms with Crippen molar-refractivity contribution in [1.82, 2.24) is 5.01 Å². The maximum atomic E-state index is 13.6. The summed E-state index contributed by atoms with van der Waals surface area (Å²) in [5.74, 6) is -2.57. The van der Waals surface area contributed by atoms with Crippen LogP contribution >= 0.6 is 0 Å². The number of aliphatic hydroxyl groups is 2. The fourth-order valence-corrected chi connectivity index (χ4v) is 3.33. The van der Waals surface area contributed by atoms with Gasteiger partial charge in [0.15, 0.2) is 6.10 Å². The zero-order chi connectivity index (χ0) is 17.5. The minimum absolute atomic E-state index is 0.0377. The van der Waals surface area contributed by atoms with Gasteiger partial charge in [0, 0.05) is 5.71 Å². The SMILES string of the molecule is O=C([C@@H](O)c1ccccc1)N1N=C2CCCC[C@H]2[C@]1(O)C(F)(F)F. The van der Waals surface area contributed by atoms with Crippen LogP contribution in [0.3, 0.4) is 0 Å². The molecule has 0 unspecified atom stereocenters. The number of amides is 1. The monoisotopic (exact) mass is 342 g/mol. The van der Waals surface area contributed by atoms with Gasteiger partial charge in [0.05, 0.1) is 5.92 Å². The van der Waals surface area contributed by atoms with Crippen molar-refractivity contribution in [1.29, 1.82) is 0 Å². The first-order valence-electron chi connectivity index (χ1n) is 7.70. The quantitative estimate of drug-likeness (QED) is 0.867. The summed E-state index contributed by atoms with van der Waals surface area (Å²) in [5, 5.41) is 24.3. The van der Waals surface area contributed by atoms with E-state index in [1.165, 1.54) is 12.1 Å². The summed E-state index contributed by atoms with van der Waals surface area (Å²) >= 11 is 0. The predicted octanol–water partition coefficient (Wildman–Crippen LogP) is 2.36. The lowest BCUT2D eigenvalue weighted by molar-refractivity contribution is -0.318. The number of fused-ring (bicyclic) bond motifs is 1. The first-order valence-corrected chi connectivity index (χ1v) is 7.70. The Bertz CT molecular complexity index is 662. The van der Waals surface area contributed by atoms with Gasteiger partial charge in [-0.1, -0.05) is 36.8 Å². The molecule has 0 aromatic heterocycles. The van der Waals surface area contributed by atoms with Crippen LogP contribution in [-0.2, 0) is 4.79 Å². The van der Waals surface area contributed by atoms with Crippen LogP contribution in [0.5, 0.6) is 0 Å². The highest BCUT2D eigenvalue weighted by atomic mass is 19.4. The normalized spacial score (nSPS) is 28.3. The number of rotatable bonds is 2. The van der Waals surface area contributed by atoms with E-state index in [4.69, 9.17) is 0 Å². The molecule has 130 valence electrons. The van der Waals surface area contributed by atoms with Crippen LogP contribution in [0.2, 0.25) is 0 Å². The number of hydrogen-bond acceptors (Lipinski definition) is 4. The third-order valence-electron chi connectivity index (χ3n) is 4.59. The largest absolute Gasteiger partial charge is 0.439 e. The molecule has 8 heteroatoms. The number of halogens is 3. The molecule has 5 nitrogen and oxygen atoms in total. The van der Waals surface area contributed by atoms with Gasteiger partial charge < -0.3 is 10.2 Å². The van der Waals surface area contributed by atoms with Gasteiger partial charge in [-0.2, -0.15) is 23.3 Å². The summed E-state index contributed by atoms with van der Waals surface area (Å²) in [6.45, 7) is 0. The van der Waals surface area contributed by atoms with Gasteiger partial charge in [0.25, 0.3) is 11.6 Å². The Balaban J connectivity index is 1.98. The first-order chi connectivity index (χ1) is 11.3. The molecule has 1 heterocycles. The van der Waals surface area contributed by atoms with Crippen LogP contribution < -0.4 is 0 Å². The number of alkyl halides is 3. The maximum Gasteiger partial charge on any atom is 0.439 e. The minimum atomic E-state index is -5.08. The third kappa shape index (κ3) is 2.50. The average Bonchev–Trinajstić information content (AvgIpc) is 2.89. The Kier molecular flexibility index (Phi) is 4.13. The lowest BCUT2D eigenvalue weighted by Crippen LogP contribution is -2.62. The Morgan fingerprint density at radius 2 is 1.96 bits per heavy atom. The van der Waals surface area contributed by atoms with E-state index in [-0.39, 0.29) is 22.7 Å². The summed E-state index contributed by atoms with van der Waals surface area (Å²) in [4.78, 5) is 12.5. The summed E-state index contributed by atoms with van der Waals surface area (Å²) in [7, 11) is 0. The molecule has 3 atom stereocenters. The summed E-state index contributed by atoms with van der Waals surface area (Å²) < 4.78 is 40.8. The van der Waals surface area contributed by atoms with E-state index in [1.807, 2.05) is 0 Å². The Hall–Kier alpha value is -1.93. The van der Waals surface area contributed by atoms with E-state index < -0.39 is 29.8 Å². The molecule has 1 aliphatic carbocycles. The van der Waals surface area contributed by atoms with Crippen molar-refractivity contribution in [3.05, 3.63) is 35.9 Å². The Morgan fingerprint density at radius 3 is 2.58 bits per heavy atom. The highest BCUT2D eigenvalue weighted by Gasteiger charge is 2.68. The maximum absolute atomic E-state index is 13.6. The number of benzene rings is 1. The Morgan fingerprint density at radius 1 is 1.29 bits per heavy atom. The molecule has 1 aromatic rings. The number of hydrogen-bond donors (Lipinski definition) is 2. The van der Waals surface area contributed by atoms with Crippen LogP contribution in [0.15, 0.2) is 35.4 Å². The molecular weight excluding hydrogens is 325 g/mol. The van der Waals surface area contributed by atoms with E-state index in [9.17, 15) is 28.2 Å². The van der Waals surface area contributed by atoms with Crippen molar-refractivity contribution in [2.45, 2.75) is 43.7 Å². The van der Waals surface area contributed by atoms with Gasteiger partial charge in [0.2, 0.25) is 0 Å². The second kappa shape index (κ2) is 5.86. The summed E-state index contributed by atoms with van der Waals surface area (Å²) in [5.41, 5.74) is -3.10. The number of nitrogens with zero attached hydrogens (tertiary/aromatic N) is 2. The smallest absolute Gasteiger partial charge is 0.378 e. The van der Waals surface area contributed by atoms with Crippen molar-refractivity contribution in [3.63, 3.8) is 0 Å². The second-order valence-electron chi connectivity index (χ2n) is 6.08. The zero-order valence-corrected chi connectivity index (χ0v) is 12.7. The first kappa shape index (κ1) is 16.9. The van der Waals surface area contributed by atoms with Crippen LogP contribution in [-0.4, -0.2) is 38.7 Å². The molecule has 1 aliphatic heterocycles. The number of aliphatic hydroxyl groups excluding tert-OH is 1. The molecule has 24 heavy (non-hydrogen) atoms. The molecule has 0 saturated heterocycles. The van der Waals surface area contributed by atoms with Gasteiger partial charge in [-0.05, 0) is 24.8 Å². The summed E-state index contributed by atoms with van der Waals surface area (Å²) in [6, 6.07) is 7.60. The van der Waals surface area contributed by atoms with Gasteiger partial charge >= 0.3 is 6.18 Å². The molecule has 3 rings (SSSR count). The van der Waals surface area contributed by atoms with Gasteiger partial charge in [-0.25, -0.2) is 0 Å². The molecule has 2 N–H and O–H groups in total. The number of hydrazone groups is 1. The zero-order valence-electron chi connectivity index (χ0n) is 12.7. The van der Waals surface area contributed by atoms with Gasteiger partial charge in [0.1, 0.15) is 0 Å². The molecule has 1 amide bonds. The minimum Gasteiger partial charge on any atom is -0.378 e. The molecule has 1 fully saturated rings. The highest BCUT2D eigenvalue weighted by molar-refractivity contribution is 5.94. The van der Waals surface area contributed by atoms with Gasteiger partial charge in [-0.15, -0.1) is 0 Å². The van der Waals surface area contributed by atoms with Crippen LogP contribution in [0, 0.1) is 5.92 Å². The number of carbonyl (C=O) groups is 1. The van der Waals surface area contributed by atoms with E-state index in [2.05, 4.69) is 5.10 Å². The van der Waals surface area contributed by atoms with Crippen molar-refractivity contribution >= 4 is 11.6 Å². The van der Waals surface area contributed by atoms with Crippen LogP contribution in [0.4, 0.5) is 13.2 Å². The topological polar surface area (TPSA) is 73.1 Å². The fraction of sp³-hybridized carbons (Fsp3) is 0.500.